The van der Waals surface area contributed by atoms with E-state index in [0.717, 1.165) is 59.0 Å². The van der Waals surface area contributed by atoms with Crippen molar-refractivity contribution < 1.29 is 77.2 Å². The van der Waals surface area contributed by atoms with E-state index in [2.05, 4.69) is 14.1 Å². The number of methoxy groups -OCH3 is 5. The van der Waals surface area contributed by atoms with Crippen molar-refractivity contribution in [2.45, 2.75) is 77.2 Å². The summed E-state index contributed by atoms with van der Waals surface area (Å²) in [6.07, 6.45) is 3.87. The normalized spacial score (nSPS) is 19.7. The van der Waals surface area contributed by atoms with Gasteiger partial charge in [-0.2, -0.15) is 0 Å². The van der Waals surface area contributed by atoms with Gasteiger partial charge in [0.15, 0.2) is 23.0 Å². The molecule has 0 aliphatic carbocycles. The first-order valence-corrected chi connectivity index (χ1v) is 23.8. The predicted octanol–water partition coefficient (Wildman–Crippen LogP) is 5.26. The Morgan fingerprint density at radius 3 is 1.81 bits per heavy atom. The number of aliphatic hydroxyl groups excluding tert-OH is 5. The first-order valence-electron chi connectivity index (χ1n) is 23.5. The number of esters is 2. The molecule has 2 aliphatic rings. The number of ether oxygens (including phenoxy) is 7. The Kier molecular flexibility index (Phi) is 18.6. The second-order valence-electron chi connectivity index (χ2n) is 18.3. The third-order valence-corrected chi connectivity index (χ3v) is 14.5. The average molecular weight is 994 g/mol. The molecule has 4 atom stereocenters. The molecule has 0 bridgehead atoms. The molecule has 16 nitrogen and oxygen atoms in total. The van der Waals surface area contributed by atoms with Crippen LogP contribution in [0.4, 0.5) is 0 Å². The molecule has 0 aromatic heterocycles. The lowest BCUT2D eigenvalue weighted by Gasteiger charge is -2.46. The number of aliphatic hydroxyl groups is 5. The zero-order chi connectivity index (χ0) is 50.8. The number of nitrogens with zero attached hydrogens (tertiary/aromatic N) is 2. The number of carbonyl (C=O) groups is 2. The summed E-state index contributed by atoms with van der Waals surface area (Å²) in [5.74, 6) is 1.02. The number of carbonyl (C=O) groups excluding carboxylic acids is 2. The smallest absolute Gasteiger partial charge is 0.350 e. The molecule has 4 aromatic rings. The minimum absolute atomic E-state index is 0.0314. The molecule has 0 fully saturated rings. The lowest BCUT2D eigenvalue weighted by molar-refractivity contribution is -0.941. The highest BCUT2D eigenvalue weighted by atomic mass is 35.5. The van der Waals surface area contributed by atoms with Crippen LogP contribution in [0, 0.1) is 0 Å². The van der Waals surface area contributed by atoms with E-state index in [1.165, 1.54) is 14.2 Å². The van der Waals surface area contributed by atoms with Crippen LogP contribution in [0.25, 0.3) is 0 Å². The Hall–Kier alpha value is -5.43. The van der Waals surface area contributed by atoms with Crippen molar-refractivity contribution in [1.82, 2.24) is 0 Å². The number of rotatable bonds is 23. The molecule has 380 valence electrons. The van der Waals surface area contributed by atoms with Gasteiger partial charge in [0, 0.05) is 66.0 Å². The van der Waals surface area contributed by atoms with Gasteiger partial charge in [0.2, 0.25) is 0 Å². The maximum atomic E-state index is 13.1. The molecule has 0 saturated carbocycles. The minimum Gasteiger partial charge on any atom is -0.496 e. The first kappa shape index (κ1) is 53.9. The quantitative estimate of drug-likeness (QED) is 0.0279. The maximum Gasteiger partial charge on any atom is 0.350 e. The van der Waals surface area contributed by atoms with E-state index in [0.29, 0.717) is 104 Å². The van der Waals surface area contributed by atoms with Crippen molar-refractivity contribution in [3.63, 3.8) is 0 Å². The van der Waals surface area contributed by atoms with Gasteiger partial charge in [0.25, 0.3) is 0 Å². The van der Waals surface area contributed by atoms with Crippen LogP contribution in [0.3, 0.4) is 0 Å². The van der Waals surface area contributed by atoms with E-state index in [9.17, 15) is 35.1 Å². The van der Waals surface area contributed by atoms with Crippen LogP contribution < -0.4 is 23.7 Å². The Morgan fingerprint density at radius 2 is 1.20 bits per heavy atom. The highest BCUT2D eigenvalue weighted by molar-refractivity contribution is 6.42. The zero-order valence-electron chi connectivity index (χ0n) is 41.3. The van der Waals surface area contributed by atoms with Gasteiger partial charge in [-0.3, -0.25) is 0 Å². The summed E-state index contributed by atoms with van der Waals surface area (Å²) >= 11 is 6.32. The number of hydrogen-bond donors (Lipinski definition) is 5. The number of likely N-dealkylation sites (N-methyl/N-ethyl adjacent to an activating group) is 2. The van der Waals surface area contributed by atoms with E-state index in [1.807, 2.05) is 48.5 Å². The molecular formula is C53H69ClN2O14+2. The summed E-state index contributed by atoms with van der Waals surface area (Å²) in [4.78, 5) is 26.1. The van der Waals surface area contributed by atoms with Gasteiger partial charge in [0.05, 0.1) is 122 Å². The van der Waals surface area contributed by atoms with E-state index in [1.54, 1.807) is 21.3 Å². The molecule has 0 spiro atoms. The van der Waals surface area contributed by atoms with Gasteiger partial charge < -0.3 is 67.7 Å². The SMILES string of the molecule is COc1cc2c(cc1OC)[C@H](c1cc(CO)c(OC)c(OC)c1)[N@@+](C)(CCCOC(=O)/C=C(\Cl)C(=O)OCCC[N@+]1(C)CCc3cc(CO)c(CO)cc3[C@H]1Cc1cc(CO)c(CO)c(OC)c1)CC2. The Labute approximate surface area is 415 Å². The standard InChI is InChI=1S/C53H69ClN2O14/c1-55(14-10-34-21-37(28-57)38(29-58)23-41(34)45(55)19-33-18-39(30-59)43(32-61)46(20-33)64-3)12-8-17-70-53(63)44(54)27-50(62)69-16-9-13-56(2)15-11-35-24-47(65-4)48(66-5)26-42(35)51(56)36-22-40(31-60)52(68-7)49(25-36)67-6/h18,20-27,45,51,57-61H,8-17,19,28-32H2,1-7H3/q+2/b44-27-/t45-,51+,55-,56+/m1/s1. The maximum absolute atomic E-state index is 13.1. The van der Waals surface area contributed by atoms with E-state index >= 15 is 0 Å². The number of benzene rings is 4. The number of quaternary nitrogens is 2. The van der Waals surface area contributed by atoms with Crippen molar-refractivity contribution in [2.75, 3.05) is 89.0 Å². The summed E-state index contributed by atoms with van der Waals surface area (Å²) in [5.41, 5.74) is 9.01. The molecule has 2 heterocycles. The van der Waals surface area contributed by atoms with Crippen LogP contribution in [-0.2, 0) is 71.4 Å². The topological polar surface area (TPSA) is 200 Å². The third-order valence-electron chi connectivity index (χ3n) is 14.2. The first-order chi connectivity index (χ1) is 33.7. The highest BCUT2D eigenvalue weighted by Gasteiger charge is 2.42. The Morgan fingerprint density at radius 1 is 0.614 bits per heavy atom. The summed E-state index contributed by atoms with van der Waals surface area (Å²) in [5, 5.41) is 50.4. The average Bonchev–Trinajstić information content (AvgIpc) is 3.37. The van der Waals surface area contributed by atoms with Crippen molar-refractivity contribution in [2.24, 2.45) is 0 Å². The lowest BCUT2D eigenvalue weighted by atomic mass is 9.83. The van der Waals surface area contributed by atoms with Crippen LogP contribution in [0.5, 0.6) is 28.7 Å². The van der Waals surface area contributed by atoms with Crippen LogP contribution in [-0.4, -0.2) is 135 Å². The van der Waals surface area contributed by atoms with Crippen molar-refractivity contribution in [3.8, 4) is 28.7 Å². The molecule has 4 aromatic carbocycles. The number of hydrogen-bond acceptors (Lipinski definition) is 14. The van der Waals surface area contributed by atoms with Gasteiger partial charge in [-0.25, -0.2) is 9.59 Å². The monoisotopic (exact) mass is 992 g/mol. The number of fused-ring (bicyclic) bond motifs is 2. The molecule has 0 saturated heterocycles. The summed E-state index contributed by atoms with van der Waals surface area (Å²) in [6, 6.07) is 15.2. The van der Waals surface area contributed by atoms with Crippen LogP contribution in [0.15, 0.2) is 59.6 Å². The van der Waals surface area contributed by atoms with Crippen LogP contribution >= 0.6 is 11.6 Å². The largest absolute Gasteiger partial charge is 0.496 e. The van der Waals surface area contributed by atoms with Crippen molar-refractivity contribution in [1.29, 1.82) is 0 Å². The van der Waals surface area contributed by atoms with Crippen molar-refractivity contribution in [3.05, 3.63) is 121 Å². The Bertz CT molecular complexity index is 2480. The minimum atomic E-state index is -0.851. The fourth-order valence-corrected chi connectivity index (χ4v) is 10.6. The molecule has 70 heavy (non-hydrogen) atoms. The van der Waals surface area contributed by atoms with Gasteiger partial charge in [-0.15, -0.1) is 0 Å². The summed E-state index contributed by atoms with van der Waals surface area (Å²) in [7, 11) is 12.1. The predicted molar refractivity (Wildman–Crippen MR) is 261 cm³/mol. The van der Waals surface area contributed by atoms with E-state index in [4.69, 9.17) is 44.8 Å². The second kappa shape index (κ2) is 24.1. The van der Waals surface area contributed by atoms with Crippen LogP contribution in [0.1, 0.15) is 86.1 Å². The molecule has 0 unspecified atom stereocenters. The third kappa shape index (κ3) is 11.7. The van der Waals surface area contributed by atoms with Crippen molar-refractivity contribution >= 4 is 23.5 Å². The summed E-state index contributed by atoms with van der Waals surface area (Å²) in [6.45, 7) is 1.50. The second-order valence-corrected chi connectivity index (χ2v) is 18.8. The molecule has 17 heteroatoms. The van der Waals surface area contributed by atoms with Gasteiger partial charge in [-0.1, -0.05) is 23.7 Å². The van der Waals surface area contributed by atoms with Gasteiger partial charge in [-0.05, 0) is 69.8 Å². The molecule has 2 aliphatic heterocycles. The van der Waals surface area contributed by atoms with E-state index in [-0.39, 0.29) is 58.3 Å². The fraction of sp³-hybridized carbons (Fsp3) is 0.472. The molecular weight excluding hydrogens is 924 g/mol. The zero-order valence-corrected chi connectivity index (χ0v) is 42.1. The molecule has 6 rings (SSSR count). The van der Waals surface area contributed by atoms with Gasteiger partial charge >= 0.3 is 11.9 Å². The van der Waals surface area contributed by atoms with Gasteiger partial charge in [0.1, 0.15) is 22.9 Å². The number of halogens is 1. The van der Waals surface area contributed by atoms with E-state index < -0.39 is 17.0 Å². The molecule has 0 radical (unpaired) electrons. The van der Waals surface area contributed by atoms with Crippen LogP contribution in [0.2, 0.25) is 0 Å². The lowest BCUT2D eigenvalue weighted by Crippen LogP contribution is -2.52. The molecule has 5 N–H and O–H groups in total. The summed E-state index contributed by atoms with van der Waals surface area (Å²) < 4.78 is 40.5. The molecule has 0 amide bonds. The fourth-order valence-electron chi connectivity index (χ4n) is 10.5. The Balaban J connectivity index is 1.10. The highest BCUT2D eigenvalue weighted by Crippen LogP contribution is 2.47.